The Morgan fingerprint density at radius 1 is 0.944 bits per heavy atom. The first-order chi connectivity index (χ1) is 8.70. The molecule has 0 aromatic heterocycles. The van der Waals surface area contributed by atoms with Crippen molar-refractivity contribution in [1.82, 2.24) is 0 Å². The Labute approximate surface area is 109 Å². The highest BCUT2D eigenvalue weighted by Gasteiger charge is 2.01. The molecule has 0 heterocycles. The van der Waals surface area contributed by atoms with Gasteiger partial charge in [0.25, 0.3) is 0 Å². The zero-order valence-corrected chi connectivity index (χ0v) is 11.2. The van der Waals surface area contributed by atoms with Crippen LogP contribution < -0.4 is 10.1 Å². The zero-order chi connectivity index (χ0) is 13.0. The SMILES string of the molecule is COc1ccc(NCc2c(C)cccc2C)cc1. The van der Waals surface area contributed by atoms with E-state index in [1.165, 1.54) is 16.7 Å². The molecule has 0 aliphatic rings. The molecule has 18 heavy (non-hydrogen) atoms. The number of aryl methyl sites for hydroxylation is 2. The second-order valence-corrected chi connectivity index (χ2v) is 4.45. The summed E-state index contributed by atoms with van der Waals surface area (Å²) in [6.07, 6.45) is 0. The van der Waals surface area contributed by atoms with E-state index in [4.69, 9.17) is 4.74 Å². The van der Waals surface area contributed by atoms with Crippen molar-refractivity contribution in [1.29, 1.82) is 0 Å². The molecule has 0 radical (unpaired) electrons. The van der Waals surface area contributed by atoms with Gasteiger partial charge in [0.15, 0.2) is 0 Å². The molecule has 0 bridgehead atoms. The van der Waals surface area contributed by atoms with Gasteiger partial charge in [-0.15, -0.1) is 0 Å². The van der Waals surface area contributed by atoms with E-state index in [1.54, 1.807) is 7.11 Å². The standard InChI is InChI=1S/C16H19NO/c1-12-5-4-6-13(2)16(12)11-17-14-7-9-15(18-3)10-8-14/h4-10,17H,11H2,1-3H3. The first-order valence-corrected chi connectivity index (χ1v) is 6.13. The summed E-state index contributed by atoms with van der Waals surface area (Å²) in [5, 5.41) is 3.44. The molecule has 0 saturated heterocycles. The topological polar surface area (TPSA) is 21.3 Å². The third-order valence-corrected chi connectivity index (χ3v) is 3.20. The molecule has 0 aliphatic heterocycles. The normalized spacial score (nSPS) is 10.2. The largest absolute Gasteiger partial charge is 0.497 e. The summed E-state index contributed by atoms with van der Waals surface area (Å²) < 4.78 is 5.14. The third-order valence-electron chi connectivity index (χ3n) is 3.20. The average molecular weight is 241 g/mol. The second kappa shape index (κ2) is 5.58. The fraction of sp³-hybridized carbons (Fsp3) is 0.250. The van der Waals surface area contributed by atoms with Crippen LogP contribution in [0.4, 0.5) is 5.69 Å². The van der Waals surface area contributed by atoms with Gasteiger partial charge in [0.05, 0.1) is 7.11 Å². The molecule has 0 fully saturated rings. The van der Waals surface area contributed by atoms with E-state index in [1.807, 2.05) is 24.3 Å². The molecule has 0 atom stereocenters. The molecule has 0 unspecified atom stereocenters. The minimum Gasteiger partial charge on any atom is -0.497 e. The van der Waals surface area contributed by atoms with Crippen molar-refractivity contribution in [2.24, 2.45) is 0 Å². The summed E-state index contributed by atoms with van der Waals surface area (Å²) in [6, 6.07) is 14.4. The highest BCUT2D eigenvalue weighted by atomic mass is 16.5. The fourth-order valence-corrected chi connectivity index (χ4v) is 2.03. The van der Waals surface area contributed by atoms with E-state index in [2.05, 4.69) is 37.4 Å². The summed E-state index contributed by atoms with van der Waals surface area (Å²) in [6.45, 7) is 5.15. The maximum Gasteiger partial charge on any atom is 0.119 e. The van der Waals surface area contributed by atoms with E-state index in [-0.39, 0.29) is 0 Å². The fourth-order valence-electron chi connectivity index (χ4n) is 2.03. The Balaban J connectivity index is 2.06. The van der Waals surface area contributed by atoms with Gasteiger partial charge in [-0.1, -0.05) is 18.2 Å². The highest BCUT2D eigenvalue weighted by Crippen LogP contribution is 2.18. The summed E-state index contributed by atoms with van der Waals surface area (Å²) >= 11 is 0. The van der Waals surface area contributed by atoms with Crippen molar-refractivity contribution in [3.8, 4) is 5.75 Å². The summed E-state index contributed by atoms with van der Waals surface area (Å²) in [5.41, 5.74) is 5.14. The van der Waals surface area contributed by atoms with Gasteiger partial charge in [-0.25, -0.2) is 0 Å². The maximum atomic E-state index is 5.14. The molecule has 0 aliphatic carbocycles. The average Bonchev–Trinajstić information content (AvgIpc) is 2.39. The number of anilines is 1. The van der Waals surface area contributed by atoms with Gasteiger partial charge < -0.3 is 10.1 Å². The molecule has 0 saturated carbocycles. The number of methoxy groups -OCH3 is 1. The number of nitrogens with one attached hydrogen (secondary N) is 1. The quantitative estimate of drug-likeness (QED) is 0.875. The Kier molecular flexibility index (Phi) is 3.88. The number of ether oxygens (including phenoxy) is 1. The van der Waals surface area contributed by atoms with Gasteiger partial charge in [-0.05, 0) is 54.8 Å². The van der Waals surface area contributed by atoms with Crippen LogP contribution in [0.3, 0.4) is 0 Å². The van der Waals surface area contributed by atoms with Gasteiger partial charge in [0.2, 0.25) is 0 Å². The molecular formula is C16H19NO. The summed E-state index contributed by atoms with van der Waals surface area (Å²) in [7, 11) is 1.68. The predicted molar refractivity (Wildman–Crippen MR) is 76.2 cm³/mol. The van der Waals surface area contributed by atoms with E-state index in [0.717, 1.165) is 18.0 Å². The van der Waals surface area contributed by atoms with Crippen molar-refractivity contribution in [3.63, 3.8) is 0 Å². The minimum absolute atomic E-state index is 0.852. The molecule has 2 aromatic carbocycles. The van der Waals surface area contributed by atoms with Crippen LogP contribution in [0.15, 0.2) is 42.5 Å². The monoisotopic (exact) mass is 241 g/mol. The van der Waals surface area contributed by atoms with Crippen LogP contribution in [0.1, 0.15) is 16.7 Å². The summed E-state index contributed by atoms with van der Waals surface area (Å²) in [5.74, 6) is 0.882. The highest BCUT2D eigenvalue weighted by molar-refractivity contribution is 5.47. The Hall–Kier alpha value is -1.96. The van der Waals surface area contributed by atoms with Crippen molar-refractivity contribution in [3.05, 3.63) is 59.2 Å². The van der Waals surface area contributed by atoms with Crippen LogP contribution in [0.2, 0.25) is 0 Å². The number of benzene rings is 2. The molecule has 94 valence electrons. The van der Waals surface area contributed by atoms with Gasteiger partial charge in [-0.2, -0.15) is 0 Å². The lowest BCUT2D eigenvalue weighted by atomic mass is 10.0. The molecular weight excluding hydrogens is 222 g/mol. The lowest BCUT2D eigenvalue weighted by molar-refractivity contribution is 0.415. The van der Waals surface area contributed by atoms with E-state index >= 15 is 0 Å². The van der Waals surface area contributed by atoms with Crippen LogP contribution in [-0.2, 0) is 6.54 Å². The molecule has 2 heteroatoms. The van der Waals surface area contributed by atoms with Crippen LogP contribution in [0.25, 0.3) is 0 Å². The van der Waals surface area contributed by atoms with Crippen molar-refractivity contribution >= 4 is 5.69 Å². The lowest BCUT2D eigenvalue weighted by Gasteiger charge is -2.12. The zero-order valence-electron chi connectivity index (χ0n) is 11.2. The minimum atomic E-state index is 0.852. The first-order valence-electron chi connectivity index (χ1n) is 6.13. The van der Waals surface area contributed by atoms with E-state index < -0.39 is 0 Å². The predicted octanol–water partition coefficient (Wildman–Crippen LogP) is 3.92. The second-order valence-electron chi connectivity index (χ2n) is 4.45. The molecule has 0 amide bonds. The van der Waals surface area contributed by atoms with Crippen LogP contribution in [0, 0.1) is 13.8 Å². The van der Waals surface area contributed by atoms with Crippen molar-refractivity contribution in [2.75, 3.05) is 12.4 Å². The molecule has 2 nitrogen and oxygen atoms in total. The smallest absolute Gasteiger partial charge is 0.119 e. The van der Waals surface area contributed by atoms with Gasteiger partial charge in [0, 0.05) is 12.2 Å². The molecule has 0 spiro atoms. The van der Waals surface area contributed by atoms with Crippen molar-refractivity contribution < 1.29 is 4.74 Å². The lowest BCUT2D eigenvalue weighted by Crippen LogP contribution is -2.03. The van der Waals surface area contributed by atoms with Gasteiger partial charge in [-0.3, -0.25) is 0 Å². The van der Waals surface area contributed by atoms with Crippen molar-refractivity contribution in [2.45, 2.75) is 20.4 Å². The first kappa shape index (κ1) is 12.5. The van der Waals surface area contributed by atoms with Crippen LogP contribution in [0.5, 0.6) is 5.75 Å². The van der Waals surface area contributed by atoms with E-state index in [0.29, 0.717) is 0 Å². The molecule has 1 N–H and O–H groups in total. The Bertz CT molecular complexity index is 497. The maximum absolute atomic E-state index is 5.14. The number of hydrogen-bond donors (Lipinski definition) is 1. The van der Waals surface area contributed by atoms with Crippen LogP contribution >= 0.6 is 0 Å². The van der Waals surface area contributed by atoms with E-state index in [9.17, 15) is 0 Å². The number of rotatable bonds is 4. The summed E-state index contributed by atoms with van der Waals surface area (Å²) in [4.78, 5) is 0. The molecule has 2 aromatic rings. The number of hydrogen-bond acceptors (Lipinski definition) is 2. The Morgan fingerprint density at radius 3 is 2.11 bits per heavy atom. The third kappa shape index (κ3) is 2.83. The van der Waals surface area contributed by atoms with Crippen LogP contribution in [-0.4, -0.2) is 7.11 Å². The van der Waals surface area contributed by atoms with Gasteiger partial charge >= 0.3 is 0 Å². The van der Waals surface area contributed by atoms with Gasteiger partial charge in [0.1, 0.15) is 5.75 Å². The Morgan fingerprint density at radius 2 is 1.56 bits per heavy atom. The molecule has 2 rings (SSSR count).